The predicted octanol–water partition coefficient (Wildman–Crippen LogP) is 8.85. The first-order valence-corrected chi connectivity index (χ1v) is 12.2. The SMILES string of the molecule is CCCCCCCCCCCC(CCCC)C(C)(C)C.O=C(O)c1ccc(O)cc1. The molecule has 1 aromatic carbocycles. The van der Waals surface area contributed by atoms with Gasteiger partial charge in [-0.3, -0.25) is 0 Å². The average molecular weight is 421 g/mol. The van der Waals surface area contributed by atoms with E-state index in [1.807, 2.05) is 0 Å². The second-order valence-corrected chi connectivity index (χ2v) is 9.67. The van der Waals surface area contributed by atoms with Crippen molar-refractivity contribution in [2.24, 2.45) is 11.3 Å². The van der Waals surface area contributed by atoms with Crippen molar-refractivity contribution >= 4 is 5.97 Å². The Kier molecular flexibility index (Phi) is 16.3. The van der Waals surface area contributed by atoms with E-state index in [-0.39, 0.29) is 11.3 Å². The molecule has 0 aliphatic carbocycles. The van der Waals surface area contributed by atoms with Crippen molar-refractivity contribution < 1.29 is 15.0 Å². The second kappa shape index (κ2) is 17.2. The molecule has 1 atom stereocenters. The van der Waals surface area contributed by atoms with Crippen LogP contribution in [0.5, 0.6) is 5.75 Å². The number of aromatic carboxylic acids is 1. The molecule has 1 unspecified atom stereocenters. The molecule has 0 heterocycles. The first-order valence-electron chi connectivity index (χ1n) is 12.2. The van der Waals surface area contributed by atoms with Gasteiger partial charge in [-0.25, -0.2) is 4.79 Å². The maximum Gasteiger partial charge on any atom is 0.335 e. The first kappa shape index (κ1) is 28.5. The van der Waals surface area contributed by atoms with E-state index in [1.165, 1.54) is 108 Å². The lowest BCUT2D eigenvalue weighted by molar-refractivity contribution is 0.0697. The molecular weight excluding hydrogens is 372 g/mol. The number of benzene rings is 1. The van der Waals surface area contributed by atoms with Gasteiger partial charge in [-0.05, 0) is 48.4 Å². The van der Waals surface area contributed by atoms with Gasteiger partial charge in [0.25, 0.3) is 0 Å². The van der Waals surface area contributed by atoms with Gasteiger partial charge in [0.15, 0.2) is 0 Å². The Morgan fingerprint density at radius 2 is 1.20 bits per heavy atom. The summed E-state index contributed by atoms with van der Waals surface area (Å²) in [4.78, 5) is 10.2. The van der Waals surface area contributed by atoms with Crippen molar-refractivity contribution in [3.63, 3.8) is 0 Å². The molecular formula is C27H48O3. The highest BCUT2D eigenvalue weighted by Crippen LogP contribution is 2.34. The van der Waals surface area contributed by atoms with Crippen LogP contribution in [-0.4, -0.2) is 16.2 Å². The maximum atomic E-state index is 10.2. The highest BCUT2D eigenvalue weighted by Gasteiger charge is 2.23. The van der Waals surface area contributed by atoms with Crippen LogP contribution in [0.2, 0.25) is 0 Å². The van der Waals surface area contributed by atoms with E-state index in [0.29, 0.717) is 5.41 Å². The highest BCUT2D eigenvalue weighted by molar-refractivity contribution is 5.87. The van der Waals surface area contributed by atoms with Gasteiger partial charge < -0.3 is 10.2 Å². The summed E-state index contributed by atoms with van der Waals surface area (Å²) in [7, 11) is 0. The molecule has 0 aliphatic heterocycles. The number of phenolic OH excluding ortho intramolecular Hbond substituents is 1. The molecule has 0 spiro atoms. The number of carboxylic acid groups (broad SMARTS) is 1. The van der Waals surface area contributed by atoms with Crippen molar-refractivity contribution in [1.29, 1.82) is 0 Å². The predicted molar refractivity (Wildman–Crippen MR) is 129 cm³/mol. The molecule has 2 N–H and O–H groups in total. The monoisotopic (exact) mass is 420 g/mol. The average Bonchev–Trinajstić information content (AvgIpc) is 2.69. The summed E-state index contributed by atoms with van der Waals surface area (Å²) in [6.07, 6.45) is 18.7. The van der Waals surface area contributed by atoms with Crippen LogP contribution in [0.25, 0.3) is 0 Å². The number of carbonyl (C=O) groups is 1. The lowest BCUT2D eigenvalue weighted by Gasteiger charge is -2.31. The third kappa shape index (κ3) is 15.3. The van der Waals surface area contributed by atoms with Crippen LogP contribution in [-0.2, 0) is 0 Å². The Bertz CT molecular complexity index is 528. The molecule has 0 aromatic heterocycles. The van der Waals surface area contributed by atoms with Gasteiger partial charge in [-0.2, -0.15) is 0 Å². The fourth-order valence-corrected chi connectivity index (χ4v) is 3.77. The summed E-state index contributed by atoms with van der Waals surface area (Å²) in [5, 5.41) is 17.1. The topological polar surface area (TPSA) is 57.5 Å². The summed E-state index contributed by atoms with van der Waals surface area (Å²) in [6, 6.07) is 5.36. The number of aromatic hydroxyl groups is 1. The highest BCUT2D eigenvalue weighted by atomic mass is 16.4. The van der Waals surface area contributed by atoms with Gasteiger partial charge >= 0.3 is 5.97 Å². The molecule has 1 rings (SSSR count). The lowest BCUT2D eigenvalue weighted by Crippen LogP contribution is -2.20. The smallest absolute Gasteiger partial charge is 0.335 e. The minimum atomic E-state index is -0.986. The molecule has 0 radical (unpaired) electrons. The zero-order chi connectivity index (χ0) is 22.8. The molecule has 0 saturated carbocycles. The lowest BCUT2D eigenvalue weighted by atomic mass is 9.75. The summed E-state index contributed by atoms with van der Waals surface area (Å²) in [6.45, 7) is 11.9. The Balaban J connectivity index is 0.000000696. The third-order valence-corrected chi connectivity index (χ3v) is 5.90. The molecule has 0 fully saturated rings. The Morgan fingerprint density at radius 1 is 0.767 bits per heavy atom. The zero-order valence-electron chi connectivity index (χ0n) is 20.4. The van der Waals surface area contributed by atoms with Gasteiger partial charge in [0.05, 0.1) is 5.56 Å². The van der Waals surface area contributed by atoms with Crippen molar-refractivity contribution in [3.05, 3.63) is 29.8 Å². The third-order valence-electron chi connectivity index (χ3n) is 5.90. The fraction of sp³-hybridized carbons (Fsp3) is 0.741. The molecule has 0 aliphatic rings. The molecule has 174 valence electrons. The summed E-state index contributed by atoms with van der Waals surface area (Å²) in [5.41, 5.74) is 0.688. The fourth-order valence-electron chi connectivity index (χ4n) is 3.77. The number of hydrogen-bond donors (Lipinski definition) is 2. The van der Waals surface area contributed by atoms with Gasteiger partial charge in [0.2, 0.25) is 0 Å². The number of rotatable bonds is 14. The number of hydrogen-bond acceptors (Lipinski definition) is 2. The van der Waals surface area contributed by atoms with Gasteiger partial charge in [0.1, 0.15) is 5.75 Å². The standard InChI is InChI=1S/C20H42.C7H6O3/c1-6-8-10-11-12-13-14-15-16-18-19(17-9-7-2)20(3,4)5;8-6-3-1-5(2-4-6)7(9)10/h19H,6-18H2,1-5H3;1-4,8H,(H,9,10). The first-order chi connectivity index (χ1) is 14.2. The molecule has 3 heteroatoms. The molecule has 1 aromatic rings. The van der Waals surface area contributed by atoms with E-state index in [2.05, 4.69) is 34.6 Å². The number of carboxylic acids is 1. The van der Waals surface area contributed by atoms with E-state index in [0.717, 1.165) is 5.92 Å². The maximum absolute atomic E-state index is 10.2. The molecule has 3 nitrogen and oxygen atoms in total. The Hall–Kier alpha value is -1.51. The van der Waals surface area contributed by atoms with Crippen LogP contribution >= 0.6 is 0 Å². The molecule has 0 bridgehead atoms. The van der Waals surface area contributed by atoms with E-state index >= 15 is 0 Å². The molecule has 0 saturated heterocycles. The minimum absolute atomic E-state index is 0.0741. The minimum Gasteiger partial charge on any atom is -0.508 e. The summed E-state index contributed by atoms with van der Waals surface area (Å²) in [5.74, 6) is 0.0250. The summed E-state index contributed by atoms with van der Waals surface area (Å²) >= 11 is 0. The van der Waals surface area contributed by atoms with E-state index in [4.69, 9.17) is 10.2 Å². The van der Waals surface area contributed by atoms with Crippen molar-refractivity contribution in [1.82, 2.24) is 0 Å². The number of unbranched alkanes of at least 4 members (excludes halogenated alkanes) is 9. The van der Waals surface area contributed by atoms with Crippen molar-refractivity contribution in [3.8, 4) is 5.75 Å². The van der Waals surface area contributed by atoms with Crippen molar-refractivity contribution in [2.45, 2.75) is 118 Å². The van der Waals surface area contributed by atoms with Crippen LogP contribution < -0.4 is 0 Å². The van der Waals surface area contributed by atoms with E-state index < -0.39 is 5.97 Å². The van der Waals surface area contributed by atoms with Gasteiger partial charge in [0, 0.05) is 0 Å². The van der Waals surface area contributed by atoms with E-state index in [9.17, 15) is 4.79 Å². The van der Waals surface area contributed by atoms with Crippen LogP contribution in [0.15, 0.2) is 24.3 Å². The zero-order valence-corrected chi connectivity index (χ0v) is 20.4. The van der Waals surface area contributed by atoms with Crippen LogP contribution in [0.4, 0.5) is 0 Å². The molecule has 30 heavy (non-hydrogen) atoms. The van der Waals surface area contributed by atoms with Crippen LogP contribution in [0, 0.1) is 11.3 Å². The van der Waals surface area contributed by atoms with E-state index in [1.54, 1.807) is 0 Å². The number of phenols is 1. The van der Waals surface area contributed by atoms with Gasteiger partial charge in [-0.1, -0.05) is 105 Å². The van der Waals surface area contributed by atoms with Crippen molar-refractivity contribution in [2.75, 3.05) is 0 Å². The summed E-state index contributed by atoms with van der Waals surface area (Å²) < 4.78 is 0. The quantitative estimate of drug-likeness (QED) is 0.295. The Morgan fingerprint density at radius 3 is 1.63 bits per heavy atom. The van der Waals surface area contributed by atoms with Gasteiger partial charge in [-0.15, -0.1) is 0 Å². The second-order valence-electron chi connectivity index (χ2n) is 9.67. The Labute approximate surface area is 186 Å². The molecule has 0 amide bonds. The van der Waals surface area contributed by atoms with Crippen LogP contribution in [0.1, 0.15) is 128 Å². The normalized spacial score (nSPS) is 12.2. The largest absolute Gasteiger partial charge is 0.508 e. The van der Waals surface area contributed by atoms with Crippen LogP contribution in [0.3, 0.4) is 0 Å².